The monoisotopic (exact) mass is 283 g/mol. The van der Waals surface area contributed by atoms with E-state index in [0.717, 1.165) is 6.42 Å². The fourth-order valence-corrected chi connectivity index (χ4v) is 2.72. The summed E-state index contributed by atoms with van der Waals surface area (Å²) in [5.74, 6) is -1.83. The van der Waals surface area contributed by atoms with Crippen molar-refractivity contribution in [3.05, 3.63) is 48.0 Å². The van der Waals surface area contributed by atoms with Gasteiger partial charge >= 0.3 is 5.97 Å². The summed E-state index contributed by atoms with van der Waals surface area (Å²) in [7, 11) is 0. The highest BCUT2D eigenvalue weighted by atomic mass is 16.4. The number of hydrogen-bond acceptors (Lipinski definition) is 2. The lowest BCUT2D eigenvalue weighted by Crippen LogP contribution is -2.28. The van der Waals surface area contributed by atoms with E-state index in [9.17, 15) is 9.59 Å². The number of aliphatic carboxylic acids is 1. The van der Waals surface area contributed by atoms with Gasteiger partial charge in [0.1, 0.15) is 0 Å². The Labute approximate surface area is 122 Å². The molecule has 0 bridgehead atoms. The lowest BCUT2D eigenvalue weighted by Gasteiger charge is -2.08. The first-order chi connectivity index (χ1) is 10.2. The third-order valence-corrected chi connectivity index (χ3v) is 4.02. The minimum absolute atomic E-state index is 0.136. The second kappa shape index (κ2) is 5.56. The number of fused-ring (bicyclic) bond motifs is 1. The molecule has 0 aromatic heterocycles. The van der Waals surface area contributed by atoms with Crippen LogP contribution in [0.25, 0.3) is 10.8 Å². The van der Waals surface area contributed by atoms with Crippen molar-refractivity contribution < 1.29 is 14.7 Å². The zero-order valence-electron chi connectivity index (χ0n) is 11.6. The van der Waals surface area contributed by atoms with Crippen molar-refractivity contribution in [1.29, 1.82) is 0 Å². The van der Waals surface area contributed by atoms with Gasteiger partial charge in [0.25, 0.3) is 0 Å². The SMILES string of the molecule is O=C(O)C1CC1C(=O)NCCc1cccc2ccccc12. The maximum Gasteiger partial charge on any atom is 0.307 e. The van der Waals surface area contributed by atoms with Crippen molar-refractivity contribution in [3.8, 4) is 0 Å². The average molecular weight is 283 g/mol. The van der Waals surface area contributed by atoms with Gasteiger partial charge in [-0.2, -0.15) is 0 Å². The van der Waals surface area contributed by atoms with Crippen LogP contribution in [0.1, 0.15) is 12.0 Å². The molecule has 4 heteroatoms. The Morgan fingerprint density at radius 3 is 2.62 bits per heavy atom. The van der Waals surface area contributed by atoms with Crippen molar-refractivity contribution in [2.75, 3.05) is 6.54 Å². The van der Waals surface area contributed by atoms with Crippen LogP contribution < -0.4 is 5.32 Å². The molecule has 1 fully saturated rings. The Hall–Kier alpha value is -2.36. The van der Waals surface area contributed by atoms with Crippen LogP contribution in [-0.4, -0.2) is 23.5 Å². The molecule has 1 saturated carbocycles. The Kier molecular flexibility index (Phi) is 3.60. The number of carboxylic acid groups (broad SMARTS) is 1. The molecule has 2 N–H and O–H groups in total. The largest absolute Gasteiger partial charge is 0.481 e. The predicted molar refractivity (Wildman–Crippen MR) is 79.9 cm³/mol. The van der Waals surface area contributed by atoms with E-state index in [0.29, 0.717) is 13.0 Å². The van der Waals surface area contributed by atoms with Crippen LogP contribution in [0.3, 0.4) is 0 Å². The summed E-state index contributed by atoms with van der Waals surface area (Å²) in [6.07, 6.45) is 1.22. The number of rotatable bonds is 5. The third-order valence-electron chi connectivity index (χ3n) is 4.02. The number of amides is 1. The smallest absolute Gasteiger partial charge is 0.307 e. The molecule has 0 radical (unpaired) electrons. The van der Waals surface area contributed by atoms with E-state index in [1.807, 2.05) is 18.2 Å². The minimum atomic E-state index is -0.871. The number of benzene rings is 2. The van der Waals surface area contributed by atoms with E-state index in [1.165, 1.54) is 16.3 Å². The molecule has 21 heavy (non-hydrogen) atoms. The second-order valence-electron chi connectivity index (χ2n) is 5.47. The van der Waals surface area contributed by atoms with Gasteiger partial charge in [0.2, 0.25) is 5.91 Å². The molecule has 3 rings (SSSR count). The van der Waals surface area contributed by atoms with Crippen LogP contribution in [0.4, 0.5) is 0 Å². The van der Waals surface area contributed by atoms with E-state index < -0.39 is 11.9 Å². The summed E-state index contributed by atoms with van der Waals surface area (Å²) >= 11 is 0. The Bertz CT molecular complexity index is 690. The highest BCUT2D eigenvalue weighted by molar-refractivity contribution is 5.89. The van der Waals surface area contributed by atoms with E-state index in [-0.39, 0.29) is 11.8 Å². The molecular formula is C17H17NO3. The van der Waals surface area contributed by atoms with Gasteiger partial charge in [-0.1, -0.05) is 42.5 Å². The first-order valence-electron chi connectivity index (χ1n) is 7.14. The molecule has 0 heterocycles. The maximum atomic E-state index is 11.8. The van der Waals surface area contributed by atoms with Gasteiger partial charge in [-0.25, -0.2) is 0 Å². The fraction of sp³-hybridized carbons (Fsp3) is 0.294. The van der Waals surface area contributed by atoms with Crippen molar-refractivity contribution in [2.45, 2.75) is 12.8 Å². The van der Waals surface area contributed by atoms with E-state index in [1.54, 1.807) is 0 Å². The number of carbonyl (C=O) groups is 2. The topological polar surface area (TPSA) is 66.4 Å². The van der Waals surface area contributed by atoms with Crippen LogP contribution in [0.2, 0.25) is 0 Å². The number of nitrogens with one attached hydrogen (secondary N) is 1. The number of carbonyl (C=O) groups excluding carboxylic acids is 1. The number of hydrogen-bond donors (Lipinski definition) is 2. The van der Waals surface area contributed by atoms with Gasteiger partial charge in [0, 0.05) is 6.54 Å². The standard InChI is InChI=1S/C17H17NO3/c19-16(14-10-15(14)17(20)21)18-9-8-12-6-3-5-11-4-1-2-7-13(11)12/h1-7,14-15H,8-10H2,(H,18,19)(H,20,21). The van der Waals surface area contributed by atoms with Crippen LogP contribution >= 0.6 is 0 Å². The molecule has 2 unspecified atom stereocenters. The summed E-state index contributed by atoms with van der Waals surface area (Å²) < 4.78 is 0. The zero-order valence-corrected chi connectivity index (χ0v) is 11.6. The van der Waals surface area contributed by atoms with Crippen LogP contribution in [0.15, 0.2) is 42.5 Å². The first kappa shape index (κ1) is 13.6. The predicted octanol–water partition coefficient (Wildman–Crippen LogP) is 2.22. The lowest BCUT2D eigenvalue weighted by molar-refractivity contribution is -0.140. The average Bonchev–Trinajstić information content (AvgIpc) is 3.28. The molecule has 0 aliphatic heterocycles. The van der Waals surface area contributed by atoms with Crippen molar-refractivity contribution in [1.82, 2.24) is 5.32 Å². The molecule has 0 saturated heterocycles. The van der Waals surface area contributed by atoms with Crippen LogP contribution in [0, 0.1) is 11.8 Å². The molecule has 2 aromatic rings. The van der Waals surface area contributed by atoms with Gasteiger partial charge in [-0.3, -0.25) is 9.59 Å². The quantitative estimate of drug-likeness (QED) is 0.884. The summed E-state index contributed by atoms with van der Waals surface area (Å²) in [4.78, 5) is 22.5. The normalized spacial score (nSPS) is 20.2. The molecule has 108 valence electrons. The van der Waals surface area contributed by atoms with Crippen molar-refractivity contribution in [2.24, 2.45) is 11.8 Å². The Morgan fingerprint density at radius 1 is 1.10 bits per heavy atom. The zero-order chi connectivity index (χ0) is 14.8. The summed E-state index contributed by atoms with van der Waals surface area (Å²) in [6, 6.07) is 14.3. The second-order valence-corrected chi connectivity index (χ2v) is 5.47. The maximum absolute atomic E-state index is 11.8. The first-order valence-corrected chi connectivity index (χ1v) is 7.14. The van der Waals surface area contributed by atoms with Gasteiger partial charge in [0.05, 0.1) is 11.8 Å². The molecule has 0 spiro atoms. The molecule has 1 amide bonds. The van der Waals surface area contributed by atoms with E-state index >= 15 is 0 Å². The Morgan fingerprint density at radius 2 is 1.86 bits per heavy atom. The minimum Gasteiger partial charge on any atom is -0.481 e. The summed E-state index contributed by atoms with van der Waals surface area (Å²) in [5, 5.41) is 14.0. The number of carboxylic acids is 1. The van der Waals surface area contributed by atoms with Gasteiger partial charge in [0.15, 0.2) is 0 Å². The van der Waals surface area contributed by atoms with Gasteiger partial charge in [-0.05, 0) is 29.2 Å². The Balaban J connectivity index is 1.58. The van der Waals surface area contributed by atoms with E-state index in [2.05, 4.69) is 29.6 Å². The fourth-order valence-electron chi connectivity index (χ4n) is 2.72. The van der Waals surface area contributed by atoms with E-state index in [4.69, 9.17) is 5.11 Å². The van der Waals surface area contributed by atoms with Crippen molar-refractivity contribution >= 4 is 22.6 Å². The van der Waals surface area contributed by atoms with Gasteiger partial charge in [-0.15, -0.1) is 0 Å². The van der Waals surface area contributed by atoms with Crippen LogP contribution in [0.5, 0.6) is 0 Å². The molecular weight excluding hydrogens is 266 g/mol. The molecule has 2 atom stereocenters. The highest BCUT2D eigenvalue weighted by Crippen LogP contribution is 2.38. The van der Waals surface area contributed by atoms with Crippen molar-refractivity contribution in [3.63, 3.8) is 0 Å². The third kappa shape index (κ3) is 2.89. The highest BCUT2D eigenvalue weighted by Gasteiger charge is 2.48. The summed E-state index contributed by atoms with van der Waals surface area (Å²) in [5.41, 5.74) is 1.19. The molecule has 1 aliphatic rings. The van der Waals surface area contributed by atoms with Gasteiger partial charge < -0.3 is 10.4 Å². The molecule has 4 nitrogen and oxygen atoms in total. The molecule has 2 aromatic carbocycles. The van der Waals surface area contributed by atoms with Crippen LogP contribution in [-0.2, 0) is 16.0 Å². The molecule has 1 aliphatic carbocycles. The lowest BCUT2D eigenvalue weighted by atomic mass is 10.0. The summed E-state index contributed by atoms with van der Waals surface area (Å²) in [6.45, 7) is 0.537.